The van der Waals surface area contributed by atoms with Gasteiger partial charge in [0.25, 0.3) is 0 Å². The molecule has 1 heterocycles. The zero-order valence-corrected chi connectivity index (χ0v) is 9.86. The molecule has 0 bridgehead atoms. The molecule has 0 amide bonds. The summed E-state index contributed by atoms with van der Waals surface area (Å²) < 4.78 is 1.94. The van der Waals surface area contributed by atoms with Crippen molar-refractivity contribution < 1.29 is 5.11 Å². The summed E-state index contributed by atoms with van der Waals surface area (Å²) in [6.07, 6.45) is -0.306. The Hall–Kier alpha value is -0.940. The van der Waals surface area contributed by atoms with Gasteiger partial charge in [0.05, 0.1) is 12.6 Å². The molecule has 5 heteroatoms. The standard InChI is InChI=1S/C10H20N4O/c1-7(2)9(15)5-11-6-10-13-12-8(3)14(10)4/h7,9,11,15H,5-6H2,1-4H3. The summed E-state index contributed by atoms with van der Waals surface area (Å²) in [6, 6.07) is 0. The highest BCUT2D eigenvalue weighted by molar-refractivity contribution is 4.91. The maximum atomic E-state index is 9.57. The van der Waals surface area contributed by atoms with Crippen molar-refractivity contribution in [2.24, 2.45) is 13.0 Å². The lowest BCUT2D eigenvalue weighted by Crippen LogP contribution is -2.30. The van der Waals surface area contributed by atoms with Crippen LogP contribution in [0.15, 0.2) is 0 Å². The fourth-order valence-corrected chi connectivity index (χ4v) is 1.17. The normalized spacial score (nSPS) is 13.5. The summed E-state index contributed by atoms with van der Waals surface area (Å²) in [7, 11) is 1.94. The lowest BCUT2D eigenvalue weighted by molar-refractivity contribution is 0.123. The molecule has 1 atom stereocenters. The first-order valence-electron chi connectivity index (χ1n) is 5.26. The molecule has 0 saturated carbocycles. The Labute approximate surface area is 90.5 Å². The fraction of sp³-hybridized carbons (Fsp3) is 0.800. The van der Waals surface area contributed by atoms with Crippen LogP contribution >= 0.6 is 0 Å². The van der Waals surface area contributed by atoms with Crippen LogP contribution in [0.4, 0.5) is 0 Å². The Morgan fingerprint density at radius 2 is 2.07 bits per heavy atom. The van der Waals surface area contributed by atoms with Gasteiger partial charge >= 0.3 is 0 Å². The molecule has 2 N–H and O–H groups in total. The van der Waals surface area contributed by atoms with E-state index in [1.54, 1.807) is 0 Å². The van der Waals surface area contributed by atoms with Gasteiger partial charge in [-0.3, -0.25) is 0 Å². The van der Waals surface area contributed by atoms with Crippen LogP contribution in [0.1, 0.15) is 25.5 Å². The lowest BCUT2D eigenvalue weighted by atomic mass is 10.1. The van der Waals surface area contributed by atoms with Crippen molar-refractivity contribution in [1.29, 1.82) is 0 Å². The van der Waals surface area contributed by atoms with E-state index in [-0.39, 0.29) is 12.0 Å². The highest BCUT2D eigenvalue weighted by Crippen LogP contribution is 2.00. The number of hydrogen-bond donors (Lipinski definition) is 2. The van der Waals surface area contributed by atoms with Gasteiger partial charge in [0.1, 0.15) is 11.6 Å². The lowest BCUT2D eigenvalue weighted by Gasteiger charge is -2.14. The van der Waals surface area contributed by atoms with Crippen molar-refractivity contribution in [2.45, 2.75) is 33.4 Å². The summed E-state index contributed by atoms with van der Waals surface area (Å²) in [5, 5.41) is 20.7. The topological polar surface area (TPSA) is 63.0 Å². The molecular weight excluding hydrogens is 192 g/mol. The number of nitrogens with one attached hydrogen (secondary N) is 1. The molecule has 5 nitrogen and oxygen atoms in total. The van der Waals surface area contributed by atoms with E-state index in [9.17, 15) is 5.11 Å². The molecule has 1 rings (SSSR count). The van der Waals surface area contributed by atoms with Gasteiger partial charge in [0.15, 0.2) is 0 Å². The average Bonchev–Trinajstić information content (AvgIpc) is 2.49. The van der Waals surface area contributed by atoms with Crippen LogP contribution in [0, 0.1) is 12.8 Å². The van der Waals surface area contributed by atoms with Gasteiger partial charge in [-0.05, 0) is 12.8 Å². The predicted octanol–water partition coefficient (Wildman–Crippen LogP) is 0.230. The molecule has 0 aliphatic heterocycles. The summed E-state index contributed by atoms with van der Waals surface area (Å²) in [5.74, 6) is 2.07. The molecule has 0 aromatic carbocycles. The van der Waals surface area contributed by atoms with Gasteiger partial charge in [0.2, 0.25) is 0 Å². The Morgan fingerprint density at radius 3 is 2.53 bits per heavy atom. The fourth-order valence-electron chi connectivity index (χ4n) is 1.17. The minimum absolute atomic E-state index is 0.277. The number of nitrogens with zero attached hydrogens (tertiary/aromatic N) is 3. The third kappa shape index (κ3) is 3.28. The van der Waals surface area contributed by atoms with Crippen LogP contribution in [-0.4, -0.2) is 32.5 Å². The van der Waals surface area contributed by atoms with E-state index >= 15 is 0 Å². The number of aromatic nitrogens is 3. The zero-order chi connectivity index (χ0) is 11.4. The van der Waals surface area contributed by atoms with Crippen LogP contribution in [-0.2, 0) is 13.6 Å². The van der Waals surface area contributed by atoms with E-state index < -0.39 is 0 Å². The van der Waals surface area contributed by atoms with Crippen LogP contribution in [0.3, 0.4) is 0 Å². The first-order chi connectivity index (χ1) is 7.02. The summed E-state index contributed by atoms with van der Waals surface area (Å²) in [4.78, 5) is 0. The Bertz CT molecular complexity index is 308. The molecule has 0 aliphatic rings. The molecule has 86 valence electrons. The highest BCUT2D eigenvalue weighted by Gasteiger charge is 2.09. The molecule has 0 fully saturated rings. The van der Waals surface area contributed by atoms with Crippen LogP contribution in [0.25, 0.3) is 0 Å². The third-order valence-corrected chi connectivity index (χ3v) is 2.59. The first-order valence-corrected chi connectivity index (χ1v) is 5.26. The molecule has 1 aromatic rings. The van der Waals surface area contributed by atoms with E-state index in [4.69, 9.17) is 0 Å². The number of hydrogen-bond acceptors (Lipinski definition) is 4. The first kappa shape index (κ1) is 12.1. The Balaban J connectivity index is 2.35. The van der Waals surface area contributed by atoms with Gasteiger partial charge in [-0.1, -0.05) is 13.8 Å². The van der Waals surface area contributed by atoms with Crippen LogP contribution in [0.2, 0.25) is 0 Å². The number of rotatable bonds is 5. The van der Waals surface area contributed by atoms with Crippen LogP contribution < -0.4 is 5.32 Å². The summed E-state index contributed by atoms with van der Waals surface area (Å²) in [5.41, 5.74) is 0. The second kappa shape index (κ2) is 5.23. The Kier molecular flexibility index (Phi) is 4.23. The average molecular weight is 212 g/mol. The van der Waals surface area contributed by atoms with Crippen LogP contribution in [0.5, 0.6) is 0 Å². The number of aryl methyl sites for hydroxylation is 1. The van der Waals surface area contributed by atoms with Gasteiger partial charge < -0.3 is 15.0 Å². The zero-order valence-electron chi connectivity index (χ0n) is 9.86. The van der Waals surface area contributed by atoms with E-state index in [1.807, 2.05) is 32.4 Å². The molecule has 0 radical (unpaired) electrons. The molecule has 1 aromatic heterocycles. The molecule has 0 aliphatic carbocycles. The smallest absolute Gasteiger partial charge is 0.146 e. The Morgan fingerprint density at radius 1 is 1.40 bits per heavy atom. The van der Waals surface area contributed by atoms with E-state index in [0.29, 0.717) is 13.1 Å². The molecule has 15 heavy (non-hydrogen) atoms. The quantitative estimate of drug-likeness (QED) is 0.733. The van der Waals surface area contributed by atoms with Gasteiger partial charge in [-0.15, -0.1) is 10.2 Å². The van der Waals surface area contributed by atoms with Gasteiger partial charge in [0, 0.05) is 13.6 Å². The minimum atomic E-state index is -0.306. The van der Waals surface area contributed by atoms with Crippen molar-refractivity contribution in [3.05, 3.63) is 11.6 Å². The van der Waals surface area contributed by atoms with E-state index in [2.05, 4.69) is 15.5 Å². The molecule has 1 unspecified atom stereocenters. The van der Waals surface area contributed by atoms with E-state index in [1.165, 1.54) is 0 Å². The third-order valence-electron chi connectivity index (χ3n) is 2.59. The monoisotopic (exact) mass is 212 g/mol. The largest absolute Gasteiger partial charge is 0.392 e. The van der Waals surface area contributed by atoms with Crippen molar-refractivity contribution in [1.82, 2.24) is 20.1 Å². The summed E-state index contributed by atoms with van der Waals surface area (Å²) >= 11 is 0. The van der Waals surface area contributed by atoms with Crippen molar-refractivity contribution in [2.75, 3.05) is 6.54 Å². The van der Waals surface area contributed by atoms with Crippen molar-refractivity contribution in [3.8, 4) is 0 Å². The number of aliphatic hydroxyl groups excluding tert-OH is 1. The number of aliphatic hydroxyl groups is 1. The maximum Gasteiger partial charge on any atom is 0.146 e. The molecule has 0 spiro atoms. The second-order valence-corrected chi connectivity index (χ2v) is 4.16. The molecular formula is C10H20N4O. The van der Waals surface area contributed by atoms with Gasteiger partial charge in [-0.25, -0.2) is 0 Å². The van der Waals surface area contributed by atoms with Gasteiger partial charge in [-0.2, -0.15) is 0 Å². The van der Waals surface area contributed by atoms with Crippen molar-refractivity contribution in [3.63, 3.8) is 0 Å². The minimum Gasteiger partial charge on any atom is -0.392 e. The maximum absolute atomic E-state index is 9.57. The SMILES string of the molecule is Cc1nnc(CNCC(O)C(C)C)n1C. The highest BCUT2D eigenvalue weighted by atomic mass is 16.3. The van der Waals surface area contributed by atoms with E-state index in [0.717, 1.165) is 11.6 Å². The molecule has 0 saturated heterocycles. The second-order valence-electron chi connectivity index (χ2n) is 4.16. The predicted molar refractivity (Wildman–Crippen MR) is 58.3 cm³/mol. The van der Waals surface area contributed by atoms with Crippen molar-refractivity contribution >= 4 is 0 Å². The summed E-state index contributed by atoms with van der Waals surface area (Å²) in [6.45, 7) is 7.14.